The predicted octanol–water partition coefficient (Wildman–Crippen LogP) is 4.74. The summed E-state index contributed by atoms with van der Waals surface area (Å²) < 4.78 is 6.28. The predicted molar refractivity (Wildman–Crippen MR) is 94.5 cm³/mol. The lowest BCUT2D eigenvalue weighted by molar-refractivity contribution is -0.128. The minimum Gasteiger partial charge on any atom is -0.370 e. The van der Waals surface area contributed by atoms with Gasteiger partial charge in [0, 0.05) is 12.3 Å². The van der Waals surface area contributed by atoms with Gasteiger partial charge in [-0.3, -0.25) is 4.79 Å². The lowest BCUT2D eigenvalue weighted by Gasteiger charge is -2.39. The molecule has 2 aliphatic rings. The van der Waals surface area contributed by atoms with Crippen molar-refractivity contribution in [3.63, 3.8) is 0 Å². The fourth-order valence-electron chi connectivity index (χ4n) is 4.14. The molecular formula is C21H28O2. The van der Waals surface area contributed by atoms with E-state index < -0.39 is 0 Å². The molecule has 2 heteroatoms. The summed E-state index contributed by atoms with van der Waals surface area (Å²) in [5.74, 6) is 0.384. The van der Waals surface area contributed by atoms with Gasteiger partial charge in [0.05, 0.1) is 12.2 Å². The summed E-state index contributed by atoms with van der Waals surface area (Å²) in [7, 11) is 0. The zero-order valence-electron chi connectivity index (χ0n) is 14.9. The number of aryl methyl sites for hydroxylation is 1. The molecule has 2 nitrogen and oxygen atoms in total. The zero-order chi connectivity index (χ0) is 16.6. The number of carbonyl (C=O) groups is 1. The van der Waals surface area contributed by atoms with Crippen LogP contribution in [0.25, 0.3) is 5.57 Å². The molecule has 1 aromatic carbocycles. The molecule has 0 radical (unpaired) electrons. The lowest BCUT2D eigenvalue weighted by atomic mass is 9.79. The lowest BCUT2D eigenvalue weighted by Crippen LogP contribution is -2.41. The van der Waals surface area contributed by atoms with Crippen LogP contribution in [0.1, 0.15) is 63.6 Å². The van der Waals surface area contributed by atoms with E-state index in [1.54, 1.807) is 0 Å². The Hall–Kier alpha value is -1.41. The van der Waals surface area contributed by atoms with Gasteiger partial charge in [-0.25, -0.2) is 0 Å². The Morgan fingerprint density at radius 2 is 2.09 bits per heavy atom. The Kier molecular flexibility index (Phi) is 4.46. The Balaban J connectivity index is 2.03. The van der Waals surface area contributed by atoms with Gasteiger partial charge < -0.3 is 4.74 Å². The Morgan fingerprint density at radius 1 is 1.30 bits per heavy atom. The normalized spacial score (nSPS) is 23.2. The van der Waals surface area contributed by atoms with Gasteiger partial charge in [-0.1, -0.05) is 45.9 Å². The number of fused-ring (bicyclic) bond motifs is 2. The summed E-state index contributed by atoms with van der Waals surface area (Å²) in [6.45, 7) is 9.09. The van der Waals surface area contributed by atoms with Crippen LogP contribution in [0.5, 0.6) is 0 Å². The molecule has 0 bridgehead atoms. The van der Waals surface area contributed by atoms with Crippen LogP contribution in [-0.2, 0) is 22.4 Å². The van der Waals surface area contributed by atoms with Crippen LogP contribution in [0.3, 0.4) is 0 Å². The fourth-order valence-corrected chi connectivity index (χ4v) is 4.14. The van der Waals surface area contributed by atoms with E-state index in [1.807, 2.05) is 13.8 Å². The molecule has 124 valence electrons. The minimum absolute atomic E-state index is 0.0722. The summed E-state index contributed by atoms with van der Waals surface area (Å²) >= 11 is 0. The fraction of sp³-hybridized carbons (Fsp3) is 0.571. The first-order chi connectivity index (χ1) is 11.0. The van der Waals surface area contributed by atoms with E-state index in [0.29, 0.717) is 12.2 Å². The second-order valence-electron chi connectivity index (χ2n) is 7.17. The van der Waals surface area contributed by atoms with E-state index in [-0.39, 0.29) is 11.5 Å². The van der Waals surface area contributed by atoms with Crippen molar-refractivity contribution in [1.29, 1.82) is 0 Å². The highest BCUT2D eigenvalue weighted by Gasteiger charge is 2.43. The van der Waals surface area contributed by atoms with Crippen molar-refractivity contribution < 1.29 is 9.53 Å². The van der Waals surface area contributed by atoms with Crippen LogP contribution in [0, 0.1) is 5.92 Å². The second-order valence-corrected chi connectivity index (χ2v) is 7.17. The van der Waals surface area contributed by atoms with Crippen LogP contribution < -0.4 is 0 Å². The first-order valence-corrected chi connectivity index (χ1v) is 9.02. The van der Waals surface area contributed by atoms with Gasteiger partial charge in [-0.15, -0.1) is 0 Å². The van der Waals surface area contributed by atoms with Gasteiger partial charge in [0.15, 0.2) is 0 Å². The monoisotopic (exact) mass is 312 g/mol. The molecule has 0 aromatic heterocycles. The van der Waals surface area contributed by atoms with Crippen molar-refractivity contribution in [3.05, 3.63) is 40.5 Å². The molecule has 1 aliphatic heterocycles. The van der Waals surface area contributed by atoms with E-state index >= 15 is 0 Å². The topological polar surface area (TPSA) is 26.3 Å². The van der Waals surface area contributed by atoms with Crippen LogP contribution >= 0.6 is 0 Å². The summed E-state index contributed by atoms with van der Waals surface area (Å²) in [6.07, 6.45) is 4.41. The summed E-state index contributed by atoms with van der Waals surface area (Å²) in [6, 6.07) is 6.67. The van der Waals surface area contributed by atoms with Gasteiger partial charge in [-0.05, 0) is 53.5 Å². The highest BCUT2D eigenvalue weighted by atomic mass is 16.5. The Bertz CT molecular complexity index is 654. The number of benzene rings is 1. The molecule has 0 saturated carbocycles. The van der Waals surface area contributed by atoms with Crippen molar-refractivity contribution in [2.75, 3.05) is 6.61 Å². The van der Waals surface area contributed by atoms with Crippen molar-refractivity contribution in [3.8, 4) is 0 Å². The maximum atomic E-state index is 12.5. The van der Waals surface area contributed by atoms with Crippen molar-refractivity contribution in [2.45, 2.75) is 65.4 Å². The number of Topliss-reactive ketones (excluding diaryl/α,β-unsaturated/α-hetero) is 1. The number of hydrogen-bond acceptors (Lipinski definition) is 2. The molecule has 0 N–H and O–H groups in total. The molecule has 1 atom stereocenters. The molecule has 3 rings (SSSR count). The Morgan fingerprint density at radius 3 is 2.74 bits per heavy atom. The summed E-state index contributed by atoms with van der Waals surface area (Å²) in [5, 5.41) is 0. The molecule has 0 spiro atoms. The number of ether oxygens (including phenoxy) is 1. The van der Waals surface area contributed by atoms with Crippen LogP contribution in [0.15, 0.2) is 23.8 Å². The maximum Gasteiger partial charge on any atom is 0.138 e. The molecule has 1 unspecified atom stereocenters. The van der Waals surface area contributed by atoms with E-state index in [0.717, 1.165) is 32.3 Å². The molecule has 23 heavy (non-hydrogen) atoms. The molecule has 0 saturated heterocycles. The van der Waals surface area contributed by atoms with Gasteiger partial charge in [-0.2, -0.15) is 0 Å². The summed E-state index contributed by atoms with van der Waals surface area (Å²) in [5.41, 5.74) is 6.80. The third-order valence-corrected chi connectivity index (χ3v) is 5.65. The second kappa shape index (κ2) is 6.24. The molecule has 0 fully saturated rings. The Labute approximate surface area is 139 Å². The van der Waals surface area contributed by atoms with Crippen LogP contribution in [0.2, 0.25) is 0 Å². The molecule has 1 aliphatic carbocycles. The number of ketones is 1. The number of hydrogen-bond donors (Lipinski definition) is 0. The SMILES string of the molecule is CCc1cccc2c1CC1=C2CCOC1(CC)CC(=O)C(C)C. The number of rotatable bonds is 5. The number of carbonyl (C=O) groups excluding carboxylic acids is 1. The van der Waals surface area contributed by atoms with E-state index in [2.05, 4.69) is 32.0 Å². The van der Waals surface area contributed by atoms with Crippen molar-refractivity contribution in [2.24, 2.45) is 5.92 Å². The van der Waals surface area contributed by atoms with Gasteiger partial charge in [0.25, 0.3) is 0 Å². The minimum atomic E-state index is -0.376. The third kappa shape index (κ3) is 2.67. The van der Waals surface area contributed by atoms with E-state index in [4.69, 9.17) is 4.74 Å². The third-order valence-electron chi connectivity index (χ3n) is 5.65. The largest absolute Gasteiger partial charge is 0.370 e. The zero-order valence-corrected chi connectivity index (χ0v) is 14.9. The molecule has 0 amide bonds. The van der Waals surface area contributed by atoms with Crippen molar-refractivity contribution in [1.82, 2.24) is 0 Å². The first-order valence-electron chi connectivity index (χ1n) is 9.02. The van der Waals surface area contributed by atoms with Crippen LogP contribution in [-0.4, -0.2) is 18.0 Å². The van der Waals surface area contributed by atoms with Crippen molar-refractivity contribution >= 4 is 11.4 Å². The standard InChI is InChI=1S/C21H28O2/c1-5-15-8-7-9-16-17-10-11-23-21(6-2,13-20(22)14(3)4)19(17)12-18(15)16/h7-9,14H,5-6,10-13H2,1-4H3. The van der Waals surface area contributed by atoms with Gasteiger partial charge >= 0.3 is 0 Å². The highest BCUT2D eigenvalue weighted by Crippen LogP contribution is 2.48. The summed E-state index contributed by atoms with van der Waals surface area (Å²) in [4.78, 5) is 12.5. The molecule has 1 aromatic rings. The van der Waals surface area contributed by atoms with Crippen LogP contribution in [0.4, 0.5) is 0 Å². The highest BCUT2D eigenvalue weighted by molar-refractivity contribution is 5.85. The average Bonchev–Trinajstić information content (AvgIpc) is 2.94. The quantitative estimate of drug-likeness (QED) is 0.784. The van der Waals surface area contributed by atoms with Gasteiger partial charge in [0.1, 0.15) is 5.78 Å². The van der Waals surface area contributed by atoms with E-state index in [9.17, 15) is 4.79 Å². The molecule has 1 heterocycles. The van der Waals surface area contributed by atoms with E-state index in [1.165, 1.54) is 27.8 Å². The molecular weight excluding hydrogens is 284 g/mol. The maximum absolute atomic E-state index is 12.5. The average molecular weight is 312 g/mol. The van der Waals surface area contributed by atoms with Gasteiger partial charge in [0.2, 0.25) is 0 Å². The smallest absolute Gasteiger partial charge is 0.138 e. The first kappa shape index (κ1) is 16.4.